The molecule has 27 heavy (non-hydrogen) atoms. The molecule has 1 aliphatic rings. The van der Waals surface area contributed by atoms with E-state index < -0.39 is 24.5 Å². The number of pyridine rings is 1. The third-order valence-corrected chi connectivity index (χ3v) is 5.50. The van der Waals surface area contributed by atoms with Gasteiger partial charge in [-0.1, -0.05) is 6.42 Å². The van der Waals surface area contributed by atoms with Gasteiger partial charge >= 0.3 is 11.9 Å². The second kappa shape index (κ2) is 8.77. The fraction of sp³-hybridized carbons (Fsp3) is 0.368. The third-order valence-electron chi connectivity index (χ3n) is 4.30. The van der Waals surface area contributed by atoms with Crippen LogP contribution in [-0.4, -0.2) is 36.5 Å². The van der Waals surface area contributed by atoms with E-state index in [1.807, 2.05) is 0 Å². The van der Waals surface area contributed by atoms with Crippen molar-refractivity contribution in [1.82, 2.24) is 4.98 Å². The Kier molecular flexibility index (Phi) is 6.18. The molecule has 0 fully saturated rings. The lowest BCUT2D eigenvalue weighted by molar-refractivity contribution is -0.119. The summed E-state index contributed by atoms with van der Waals surface area (Å²) >= 11 is 1.39. The highest BCUT2D eigenvalue weighted by molar-refractivity contribution is 7.17. The standard InChI is InChI=1S/C19H20N2O5S/c1-25-19(24)16-13-7-3-2-4-8-14(13)27-17(16)21-15(22)11-26-18(23)12-6-5-9-20-10-12/h5-6,9-10H,2-4,7-8,11H2,1H3,(H,21,22). The summed E-state index contributed by atoms with van der Waals surface area (Å²) < 4.78 is 9.91. The van der Waals surface area contributed by atoms with Gasteiger partial charge in [0.1, 0.15) is 5.00 Å². The van der Waals surface area contributed by atoms with Gasteiger partial charge < -0.3 is 14.8 Å². The Hall–Kier alpha value is -2.74. The molecule has 0 aliphatic heterocycles. The summed E-state index contributed by atoms with van der Waals surface area (Å²) in [6.45, 7) is -0.448. The van der Waals surface area contributed by atoms with Gasteiger partial charge in [0, 0.05) is 17.3 Å². The molecule has 1 N–H and O–H groups in total. The normalized spacial score (nSPS) is 13.2. The minimum atomic E-state index is -0.631. The van der Waals surface area contributed by atoms with Gasteiger partial charge in [0.15, 0.2) is 6.61 Å². The molecule has 7 nitrogen and oxygen atoms in total. The molecule has 0 saturated heterocycles. The quantitative estimate of drug-likeness (QED) is 0.625. The average molecular weight is 388 g/mol. The molecule has 0 atom stereocenters. The highest BCUT2D eigenvalue weighted by Crippen LogP contribution is 2.37. The van der Waals surface area contributed by atoms with E-state index in [9.17, 15) is 14.4 Å². The monoisotopic (exact) mass is 388 g/mol. The molecule has 0 aromatic carbocycles. The van der Waals surface area contributed by atoms with Crippen LogP contribution in [0.25, 0.3) is 0 Å². The maximum Gasteiger partial charge on any atom is 0.341 e. The van der Waals surface area contributed by atoms with Crippen molar-refractivity contribution < 1.29 is 23.9 Å². The molecule has 0 bridgehead atoms. The number of carbonyl (C=O) groups excluding carboxylic acids is 3. The van der Waals surface area contributed by atoms with E-state index in [0.29, 0.717) is 10.6 Å². The number of thiophene rings is 1. The lowest BCUT2D eigenvalue weighted by Gasteiger charge is -2.08. The maximum atomic E-state index is 12.3. The first-order valence-electron chi connectivity index (χ1n) is 8.70. The van der Waals surface area contributed by atoms with E-state index in [1.165, 1.54) is 24.6 Å². The molecule has 0 unspecified atom stereocenters. The predicted molar refractivity (Wildman–Crippen MR) is 100 cm³/mol. The van der Waals surface area contributed by atoms with Crippen molar-refractivity contribution in [3.63, 3.8) is 0 Å². The number of hydrogen-bond acceptors (Lipinski definition) is 7. The molecular formula is C19H20N2O5S. The van der Waals surface area contributed by atoms with Crippen LogP contribution in [0, 0.1) is 0 Å². The van der Waals surface area contributed by atoms with Crippen molar-refractivity contribution >= 4 is 34.2 Å². The zero-order chi connectivity index (χ0) is 19.2. The number of methoxy groups -OCH3 is 1. The summed E-state index contributed by atoms with van der Waals surface area (Å²) in [4.78, 5) is 41.3. The second-order valence-corrected chi connectivity index (χ2v) is 7.23. The van der Waals surface area contributed by atoms with Crippen molar-refractivity contribution in [1.29, 1.82) is 0 Å². The molecule has 1 aliphatic carbocycles. The van der Waals surface area contributed by atoms with Gasteiger partial charge in [-0.3, -0.25) is 9.78 Å². The highest BCUT2D eigenvalue weighted by atomic mass is 32.1. The minimum Gasteiger partial charge on any atom is -0.465 e. The summed E-state index contributed by atoms with van der Waals surface area (Å²) in [5, 5.41) is 3.15. The van der Waals surface area contributed by atoms with E-state index in [-0.39, 0.29) is 5.56 Å². The maximum absolute atomic E-state index is 12.3. The number of hydrogen-bond donors (Lipinski definition) is 1. The number of aromatic nitrogens is 1. The van der Waals surface area contributed by atoms with Crippen LogP contribution in [0.1, 0.15) is 50.4 Å². The predicted octanol–water partition coefficient (Wildman–Crippen LogP) is 2.99. The number of esters is 2. The van der Waals surface area contributed by atoms with Crippen LogP contribution >= 0.6 is 11.3 Å². The smallest absolute Gasteiger partial charge is 0.341 e. The van der Waals surface area contributed by atoms with E-state index in [0.717, 1.165) is 42.5 Å². The summed E-state index contributed by atoms with van der Waals surface area (Å²) in [6, 6.07) is 3.16. The minimum absolute atomic E-state index is 0.267. The van der Waals surface area contributed by atoms with Crippen molar-refractivity contribution in [2.24, 2.45) is 0 Å². The first-order chi connectivity index (χ1) is 13.1. The molecular weight excluding hydrogens is 368 g/mol. The first-order valence-corrected chi connectivity index (χ1v) is 9.51. The van der Waals surface area contributed by atoms with Gasteiger partial charge in [-0.25, -0.2) is 9.59 Å². The van der Waals surface area contributed by atoms with Gasteiger partial charge in [0.05, 0.1) is 18.2 Å². The number of rotatable bonds is 5. The van der Waals surface area contributed by atoms with E-state index in [2.05, 4.69) is 10.3 Å². The van der Waals surface area contributed by atoms with Crippen LogP contribution in [0.5, 0.6) is 0 Å². The lowest BCUT2D eigenvalue weighted by Crippen LogP contribution is -2.21. The summed E-state index contributed by atoms with van der Waals surface area (Å²) in [5.41, 5.74) is 1.65. The highest BCUT2D eigenvalue weighted by Gasteiger charge is 2.26. The number of fused-ring (bicyclic) bond motifs is 1. The van der Waals surface area contributed by atoms with Crippen LogP contribution in [-0.2, 0) is 27.1 Å². The van der Waals surface area contributed by atoms with Crippen molar-refractivity contribution in [3.8, 4) is 0 Å². The summed E-state index contributed by atoms with van der Waals surface area (Å²) in [6.07, 6.45) is 7.77. The second-order valence-electron chi connectivity index (χ2n) is 6.13. The molecule has 0 spiro atoms. The van der Waals surface area contributed by atoms with Crippen LogP contribution in [0.4, 0.5) is 5.00 Å². The Morgan fingerprint density at radius 2 is 2.00 bits per heavy atom. The first kappa shape index (κ1) is 19.0. The van der Waals surface area contributed by atoms with Crippen LogP contribution in [0.2, 0.25) is 0 Å². The number of anilines is 1. The van der Waals surface area contributed by atoms with Crippen molar-refractivity contribution in [2.75, 3.05) is 19.0 Å². The molecule has 2 heterocycles. The molecule has 8 heteroatoms. The Morgan fingerprint density at radius 1 is 1.19 bits per heavy atom. The number of nitrogens with zero attached hydrogens (tertiary/aromatic N) is 1. The summed E-state index contributed by atoms with van der Waals surface area (Å²) in [7, 11) is 1.32. The van der Waals surface area contributed by atoms with Crippen molar-refractivity contribution in [2.45, 2.75) is 32.1 Å². The topological polar surface area (TPSA) is 94.6 Å². The van der Waals surface area contributed by atoms with Crippen LogP contribution < -0.4 is 5.32 Å². The van der Waals surface area contributed by atoms with Gasteiger partial charge in [-0.15, -0.1) is 11.3 Å². The number of amides is 1. The van der Waals surface area contributed by atoms with Crippen molar-refractivity contribution in [3.05, 3.63) is 46.1 Å². The van der Waals surface area contributed by atoms with Gasteiger partial charge in [0.2, 0.25) is 0 Å². The number of carbonyl (C=O) groups is 3. The third kappa shape index (κ3) is 4.51. The van der Waals surface area contributed by atoms with E-state index in [4.69, 9.17) is 9.47 Å². The van der Waals surface area contributed by atoms with Crippen LogP contribution in [0.3, 0.4) is 0 Å². The number of ether oxygens (including phenoxy) is 2. The molecule has 2 aromatic rings. The summed E-state index contributed by atoms with van der Waals surface area (Å²) in [5.74, 6) is -1.60. The van der Waals surface area contributed by atoms with E-state index in [1.54, 1.807) is 18.3 Å². The molecule has 0 saturated carbocycles. The fourth-order valence-corrected chi connectivity index (χ4v) is 4.30. The molecule has 1 amide bonds. The Bertz CT molecular complexity index is 847. The van der Waals surface area contributed by atoms with Gasteiger partial charge in [-0.05, 0) is 43.4 Å². The Balaban J connectivity index is 1.70. The SMILES string of the molecule is COC(=O)c1c(NC(=O)COC(=O)c2cccnc2)sc2c1CCCCC2. The average Bonchev–Trinajstić information content (AvgIpc) is 2.86. The number of nitrogens with one attached hydrogen (secondary N) is 1. The largest absolute Gasteiger partial charge is 0.465 e. The van der Waals surface area contributed by atoms with E-state index >= 15 is 0 Å². The Labute approximate surface area is 160 Å². The molecule has 0 radical (unpaired) electrons. The molecule has 3 rings (SSSR count). The Morgan fingerprint density at radius 3 is 2.74 bits per heavy atom. The molecule has 2 aromatic heterocycles. The zero-order valence-electron chi connectivity index (χ0n) is 14.9. The fourth-order valence-electron chi connectivity index (χ4n) is 3.01. The lowest BCUT2D eigenvalue weighted by atomic mass is 10.1. The molecule has 142 valence electrons. The van der Waals surface area contributed by atoms with Crippen LogP contribution in [0.15, 0.2) is 24.5 Å². The van der Waals surface area contributed by atoms with Gasteiger partial charge in [0.25, 0.3) is 5.91 Å². The van der Waals surface area contributed by atoms with Gasteiger partial charge in [-0.2, -0.15) is 0 Å². The zero-order valence-corrected chi connectivity index (χ0v) is 15.8. The number of aryl methyl sites for hydroxylation is 1.